The predicted molar refractivity (Wildman–Crippen MR) is 198 cm³/mol. The maximum Gasteiger partial charge on any atom is 0.0978 e. The largest absolute Gasteiger partial charge is 0.246 e. The van der Waals surface area contributed by atoms with Crippen molar-refractivity contribution in [2.75, 3.05) is 0 Å². The molecule has 6 aromatic carbocycles. The quantitative estimate of drug-likeness (QED) is 0.188. The molecule has 0 amide bonds. The molecule has 0 saturated heterocycles. The minimum Gasteiger partial charge on any atom is -0.246 e. The highest BCUT2D eigenvalue weighted by Crippen LogP contribution is 2.40. The van der Waals surface area contributed by atoms with Crippen molar-refractivity contribution in [3.63, 3.8) is 0 Å². The van der Waals surface area contributed by atoms with Crippen molar-refractivity contribution < 1.29 is 0 Å². The Morgan fingerprint density at radius 1 is 0.447 bits per heavy atom. The highest BCUT2D eigenvalue weighted by Gasteiger charge is 2.19. The van der Waals surface area contributed by atoms with Crippen molar-refractivity contribution >= 4 is 44.2 Å². The maximum atomic E-state index is 5.50. The van der Waals surface area contributed by atoms with Crippen molar-refractivity contribution in [1.82, 2.24) is 9.97 Å². The van der Waals surface area contributed by atoms with E-state index >= 15 is 0 Å². The van der Waals surface area contributed by atoms with Crippen LogP contribution in [-0.2, 0) is 6.42 Å². The van der Waals surface area contributed by atoms with E-state index in [1.807, 2.05) is 0 Å². The van der Waals surface area contributed by atoms with Gasteiger partial charge in [-0.2, -0.15) is 0 Å². The van der Waals surface area contributed by atoms with Gasteiger partial charge in [-0.05, 0) is 61.9 Å². The standard InChI is InChI=1S/C45H30N2/c1-3-14-32(15-4-1)40-28-42(35-22-11-20-30-13-7-8-19-34(30)27-35)46-44-38(40)25-26-39-41(33-16-5-2-6-17-33)29-43(47-45(39)44)37-24-12-21-31-18-9-10-23-36(31)37/h1-26,28-29H,27H2. The average molecular weight is 599 g/mol. The first-order valence-electron chi connectivity index (χ1n) is 16.1. The molecule has 2 nitrogen and oxygen atoms in total. The Bertz CT molecular complexity index is 2520. The maximum absolute atomic E-state index is 5.50. The van der Waals surface area contributed by atoms with Crippen LogP contribution in [0.2, 0.25) is 0 Å². The Kier molecular flexibility index (Phi) is 6.57. The molecular formula is C45H30N2. The molecule has 0 unspecified atom stereocenters. The van der Waals surface area contributed by atoms with Crippen molar-refractivity contribution in [2.45, 2.75) is 6.42 Å². The van der Waals surface area contributed by atoms with Gasteiger partial charge in [-0.25, -0.2) is 9.97 Å². The van der Waals surface area contributed by atoms with Gasteiger partial charge in [0.05, 0.1) is 22.4 Å². The summed E-state index contributed by atoms with van der Waals surface area (Å²) in [6.07, 6.45) is 7.38. The summed E-state index contributed by atoms with van der Waals surface area (Å²) in [6.45, 7) is 0. The Morgan fingerprint density at radius 3 is 1.79 bits per heavy atom. The first-order chi connectivity index (χ1) is 23.3. The van der Waals surface area contributed by atoms with Crippen LogP contribution >= 0.6 is 0 Å². The highest BCUT2D eigenvalue weighted by atomic mass is 14.8. The summed E-state index contributed by atoms with van der Waals surface area (Å²) >= 11 is 0. The van der Waals surface area contributed by atoms with E-state index in [2.05, 4.69) is 170 Å². The molecule has 2 heteroatoms. The van der Waals surface area contributed by atoms with Crippen LogP contribution in [0, 0.1) is 0 Å². The van der Waals surface area contributed by atoms with Gasteiger partial charge in [0.15, 0.2) is 0 Å². The molecule has 2 aromatic heterocycles. The Morgan fingerprint density at radius 2 is 1.04 bits per heavy atom. The van der Waals surface area contributed by atoms with Crippen molar-refractivity contribution in [1.29, 1.82) is 0 Å². The molecule has 8 aromatic rings. The molecule has 0 atom stereocenters. The average Bonchev–Trinajstić information content (AvgIpc) is 3.37. The fourth-order valence-electron chi connectivity index (χ4n) is 7.01. The molecule has 220 valence electrons. The van der Waals surface area contributed by atoms with Crippen molar-refractivity contribution in [2.24, 2.45) is 0 Å². The first kappa shape index (κ1) is 27.2. The number of fused-ring (bicyclic) bond motifs is 5. The van der Waals surface area contributed by atoms with Gasteiger partial charge in [0.1, 0.15) is 0 Å². The van der Waals surface area contributed by atoms with Gasteiger partial charge in [0.2, 0.25) is 0 Å². The topological polar surface area (TPSA) is 25.8 Å². The van der Waals surface area contributed by atoms with Crippen LogP contribution in [0.25, 0.3) is 77.7 Å². The number of hydrogen-bond acceptors (Lipinski definition) is 2. The van der Waals surface area contributed by atoms with Crippen LogP contribution < -0.4 is 0 Å². The van der Waals surface area contributed by atoms with E-state index in [-0.39, 0.29) is 0 Å². The summed E-state index contributed by atoms with van der Waals surface area (Å²) in [5.74, 6) is 0. The number of benzene rings is 6. The Hall–Kier alpha value is -6.12. The monoisotopic (exact) mass is 598 g/mol. The predicted octanol–water partition coefficient (Wildman–Crippen LogP) is 11.6. The van der Waals surface area contributed by atoms with Crippen LogP contribution in [-0.4, -0.2) is 9.97 Å². The molecule has 1 aliphatic rings. The summed E-state index contributed by atoms with van der Waals surface area (Å²) in [6, 6.07) is 54.0. The molecule has 0 aliphatic heterocycles. The van der Waals surface area contributed by atoms with E-state index < -0.39 is 0 Å². The minimum atomic E-state index is 0.810. The third kappa shape index (κ3) is 4.83. The van der Waals surface area contributed by atoms with Gasteiger partial charge in [-0.15, -0.1) is 0 Å². The molecule has 0 radical (unpaired) electrons. The fraction of sp³-hybridized carbons (Fsp3) is 0.0222. The highest BCUT2D eigenvalue weighted by molar-refractivity contribution is 6.13. The SMILES string of the molecule is C1=Cc2ccccc2CC(c2cc(-c3ccccc3)c3ccc4c(-c5ccccc5)cc(-c5cccc6ccccc56)nc4c3n2)=C1. The fourth-order valence-corrected chi connectivity index (χ4v) is 7.01. The van der Waals surface area contributed by atoms with Gasteiger partial charge in [-0.1, -0.05) is 158 Å². The second-order valence-corrected chi connectivity index (χ2v) is 12.2. The normalized spacial score (nSPS) is 12.6. The van der Waals surface area contributed by atoms with Crippen molar-refractivity contribution in [3.05, 3.63) is 181 Å². The lowest BCUT2D eigenvalue weighted by atomic mass is 9.92. The van der Waals surface area contributed by atoms with Gasteiger partial charge >= 0.3 is 0 Å². The molecule has 1 aliphatic carbocycles. The van der Waals surface area contributed by atoms with E-state index in [1.54, 1.807) is 0 Å². The Labute approximate surface area is 274 Å². The summed E-state index contributed by atoms with van der Waals surface area (Å²) in [5.41, 5.74) is 13.3. The number of pyridine rings is 2. The summed E-state index contributed by atoms with van der Waals surface area (Å²) in [7, 11) is 0. The van der Waals surface area contributed by atoms with Crippen LogP contribution in [0.1, 0.15) is 16.8 Å². The number of rotatable bonds is 4. The zero-order chi connectivity index (χ0) is 31.2. The third-order valence-corrected chi connectivity index (χ3v) is 9.33. The first-order valence-corrected chi connectivity index (χ1v) is 16.1. The van der Waals surface area contributed by atoms with Crippen molar-refractivity contribution in [3.8, 4) is 33.5 Å². The summed E-state index contributed by atoms with van der Waals surface area (Å²) in [4.78, 5) is 11.0. The zero-order valence-electron chi connectivity index (χ0n) is 25.8. The second-order valence-electron chi connectivity index (χ2n) is 12.2. The van der Waals surface area contributed by atoms with Gasteiger partial charge < -0.3 is 0 Å². The summed E-state index contributed by atoms with van der Waals surface area (Å²) in [5, 5.41) is 4.58. The minimum absolute atomic E-state index is 0.810. The van der Waals surface area contributed by atoms with E-state index in [9.17, 15) is 0 Å². The van der Waals surface area contributed by atoms with E-state index in [0.717, 1.165) is 61.9 Å². The Balaban J connectivity index is 1.37. The van der Waals surface area contributed by atoms with E-state index in [4.69, 9.17) is 9.97 Å². The number of nitrogens with zero attached hydrogens (tertiary/aromatic N) is 2. The van der Waals surface area contributed by atoms with E-state index in [0.29, 0.717) is 0 Å². The third-order valence-electron chi connectivity index (χ3n) is 9.33. The number of hydrogen-bond donors (Lipinski definition) is 0. The van der Waals surface area contributed by atoms with Crippen LogP contribution in [0.5, 0.6) is 0 Å². The molecule has 0 saturated carbocycles. The smallest absolute Gasteiger partial charge is 0.0978 e. The van der Waals surface area contributed by atoms with E-state index in [1.165, 1.54) is 33.0 Å². The van der Waals surface area contributed by atoms with Crippen LogP contribution in [0.15, 0.2) is 164 Å². The zero-order valence-corrected chi connectivity index (χ0v) is 25.8. The molecule has 9 rings (SSSR count). The molecule has 2 heterocycles. The second kappa shape index (κ2) is 11.3. The molecule has 0 spiro atoms. The summed E-state index contributed by atoms with van der Waals surface area (Å²) < 4.78 is 0. The molecule has 47 heavy (non-hydrogen) atoms. The molecule has 0 fully saturated rings. The lowest BCUT2D eigenvalue weighted by Gasteiger charge is -2.17. The van der Waals surface area contributed by atoms with Gasteiger partial charge in [0.25, 0.3) is 0 Å². The number of aromatic nitrogens is 2. The molecular weight excluding hydrogens is 569 g/mol. The molecule has 0 N–H and O–H groups in total. The lowest BCUT2D eigenvalue weighted by molar-refractivity contribution is 1.23. The van der Waals surface area contributed by atoms with Gasteiger partial charge in [-0.3, -0.25) is 0 Å². The number of allylic oxidation sites excluding steroid dienone is 3. The van der Waals surface area contributed by atoms with Crippen LogP contribution in [0.4, 0.5) is 0 Å². The lowest BCUT2D eigenvalue weighted by Crippen LogP contribution is -1.99. The molecule has 0 bridgehead atoms. The van der Waals surface area contributed by atoms with Gasteiger partial charge in [0, 0.05) is 22.8 Å². The van der Waals surface area contributed by atoms with Crippen LogP contribution in [0.3, 0.4) is 0 Å².